The van der Waals surface area contributed by atoms with Gasteiger partial charge in [-0.1, -0.05) is 62.7 Å². The average molecular weight is 340 g/mol. The molecule has 2 heteroatoms. The lowest BCUT2D eigenvalue weighted by atomic mass is 9.82. The minimum atomic E-state index is 0.124. The van der Waals surface area contributed by atoms with Gasteiger partial charge in [-0.25, -0.2) is 0 Å². The van der Waals surface area contributed by atoms with Gasteiger partial charge in [0.05, 0.1) is 0 Å². The van der Waals surface area contributed by atoms with Crippen molar-refractivity contribution in [3.05, 3.63) is 65.2 Å². The van der Waals surface area contributed by atoms with Crippen LogP contribution in [0.5, 0.6) is 5.75 Å². The first kappa shape index (κ1) is 19.5. The highest BCUT2D eigenvalue weighted by Gasteiger charge is 2.24. The van der Waals surface area contributed by atoms with Gasteiger partial charge >= 0.3 is 0 Å². The molecule has 0 aromatic heterocycles. The van der Waals surface area contributed by atoms with Gasteiger partial charge in [-0.2, -0.15) is 0 Å². The van der Waals surface area contributed by atoms with Gasteiger partial charge in [0.15, 0.2) is 0 Å². The van der Waals surface area contributed by atoms with Crippen LogP contribution >= 0.6 is 0 Å². The molecule has 0 saturated heterocycles. The molecule has 2 rings (SSSR count). The average Bonchev–Trinajstić information content (AvgIpc) is 2.50. The fourth-order valence-corrected chi connectivity index (χ4v) is 3.40. The van der Waals surface area contributed by atoms with Crippen molar-refractivity contribution in [3.63, 3.8) is 0 Å². The van der Waals surface area contributed by atoms with E-state index in [1.165, 1.54) is 16.7 Å². The van der Waals surface area contributed by atoms with E-state index in [0.717, 1.165) is 18.7 Å². The maximum atomic E-state index is 5.89. The Morgan fingerprint density at radius 1 is 0.880 bits per heavy atom. The van der Waals surface area contributed by atoms with Crippen molar-refractivity contribution < 1.29 is 4.74 Å². The molecule has 0 radical (unpaired) electrons. The first-order chi connectivity index (χ1) is 11.6. The molecule has 0 amide bonds. The predicted octanol–water partition coefficient (Wildman–Crippen LogP) is 5.88. The van der Waals surface area contributed by atoms with E-state index in [2.05, 4.69) is 95.4 Å². The summed E-state index contributed by atoms with van der Waals surface area (Å²) in [7, 11) is 0. The zero-order valence-corrected chi connectivity index (χ0v) is 16.6. The zero-order valence-electron chi connectivity index (χ0n) is 16.6. The monoisotopic (exact) mass is 339 g/mol. The van der Waals surface area contributed by atoms with Crippen LogP contribution in [0.4, 0.5) is 0 Å². The normalized spacial score (nSPS) is 12.2. The second kappa shape index (κ2) is 8.05. The van der Waals surface area contributed by atoms with Crippen molar-refractivity contribution in [2.75, 3.05) is 0 Å². The number of benzene rings is 2. The molecule has 2 aromatic rings. The molecule has 0 bridgehead atoms. The molecule has 136 valence electrons. The summed E-state index contributed by atoms with van der Waals surface area (Å²) in [6.07, 6.45) is 1.14. The van der Waals surface area contributed by atoms with Crippen LogP contribution in [-0.4, -0.2) is 5.54 Å². The minimum Gasteiger partial charge on any atom is -0.489 e. The molecular weight excluding hydrogens is 306 g/mol. The molecule has 2 nitrogen and oxygen atoms in total. The SMILES string of the molecule is Cc1cccc(COc2ccc(CNC(C)(C)CC(C)(C)C)cc2)c1. The maximum Gasteiger partial charge on any atom is 0.119 e. The zero-order chi connectivity index (χ0) is 18.5. The molecular formula is C23H33NO. The number of rotatable bonds is 7. The van der Waals surface area contributed by atoms with Gasteiger partial charge < -0.3 is 10.1 Å². The molecule has 25 heavy (non-hydrogen) atoms. The molecule has 0 unspecified atom stereocenters. The van der Waals surface area contributed by atoms with E-state index in [4.69, 9.17) is 4.74 Å². The highest BCUT2D eigenvalue weighted by Crippen LogP contribution is 2.27. The van der Waals surface area contributed by atoms with Crippen molar-refractivity contribution in [3.8, 4) is 5.75 Å². The van der Waals surface area contributed by atoms with Crippen LogP contribution in [0.3, 0.4) is 0 Å². The Balaban J connectivity index is 1.85. The number of aryl methyl sites for hydroxylation is 1. The molecule has 0 spiro atoms. The Morgan fingerprint density at radius 2 is 1.56 bits per heavy atom. The summed E-state index contributed by atoms with van der Waals surface area (Å²) in [5.41, 5.74) is 4.20. The first-order valence-electron chi connectivity index (χ1n) is 9.15. The fraction of sp³-hybridized carbons (Fsp3) is 0.478. The number of hydrogen-bond donors (Lipinski definition) is 1. The molecule has 2 aromatic carbocycles. The van der Waals surface area contributed by atoms with Crippen molar-refractivity contribution in [2.45, 2.75) is 66.7 Å². The summed E-state index contributed by atoms with van der Waals surface area (Å²) in [5.74, 6) is 0.916. The smallest absolute Gasteiger partial charge is 0.119 e. The van der Waals surface area contributed by atoms with Crippen molar-refractivity contribution in [1.82, 2.24) is 5.32 Å². The minimum absolute atomic E-state index is 0.124. The Hall–Kier alpha value is -1.80. The fourth-order valence-electron chi connectivity index (χ4n) is 3.40. The van der Waals surface area contributed by atoms with E-state index in [0.29, 0.717) is 12.0 Å². The van der Waals surface area contributed by atoms with Gasteiger partial charge in [0.25, 0.3) is 0 Å². The third-order valence-corrected chi connectivity index (χ3v) is 4.15. The van der Waals surface area contributed by atoms with Crippen molar-refractivity contribution >= 4 is 0 Å². The van der Waals surface area contributed by atoms with E-state index in [-0.39, 0.29) is 5.54 Å². The third-order valence-electron chi connectivity index (χ3n) is 4.15. The molecule has 1 N–H and O–H groups in total. The lowest BCUT2D eigenvalue weighted by Crippen LogP contribution is -2.41. The third kappa shape index (κ3) is 7.31. The van der Waals surface area contributed by atoms with Gasteiger partial charge in [0, 0.05) is 12.1 Å². The lowest BCUT2D eigenvalue weighted by molar-refractivity contribution is 0.240. The van der Waals surface area contributed by atoms with Crippen LogP contribution in [0.1, 0.15) is 57.7 Å². The van der Waals surface area contributed by atoms with Gasteiger partial charge in [-0.3, -0.25) is 0 Å². The molecule has 0 saturated carbocycles. The largest absolute Gasteiger partial charge is 0.489 e. The molecule has 0 aliphatic rings. The second-order valence-corrected chi connectivity index (χ2v) is 8.90. The van der Waals surface area contributed by atoms with Crippen LogP contribution in [0.2, 0.25) is 0 Å². The molecule has 0 heterocycles. The van der Waals surface area contributed by atoms with E-state index in [9.17, 15) is 0 Å². The van der Waals surface area contributed by atoms with Gasteiger partial charge in [0.2, 0.25) is 0 Å². The van der Waals surface area contributed by atoms with E-state index in [1.54, 1.807) is 0 Å². The van der Waals surface area contributed by atoms with Gasteiger partial charge in [0.1, 0.15) is 12.4 Å². The summed E-state index contributed by atoms with van der Waals surface area (Å²) >= 11 is 0. The predicted molar refractivity (Wildman–Crippen MR) is 107 cm³/mol. The second-order valence-electron chi connectivity index (χ2n) is 8.90. The number of nitrogens with one attached hydrogen (secondary N) is 1. The topological polar surface area (TPSA) is 21.3 Å². The highest BCUT2D eigenvalue weighted by molar-refractivity contribution is 5.28. The standard InChI is InChI=1S/C23H33NO/c1-18-8-7-9-20(14-18)16-25-21-12-10-19(11-13-21)15-24-23(5,6)17-22(2,3)4/h7-14,24H,15-17H2,1-6H3. The summed E-state index contributed by atoms with van der Waals surface area (Å²) in [5, 5.41) is 3.67. The van der Waals surface area contributed by atoms with E-state index in [1.807, 2.05) is 0 Å². The van der Waals surface area contributed by atoms with Crippen LogP contribution < -0.4 is 10.1 Å². The highest BCUT2D eigenvalue weighted by atomic mass is 16.5. The van der Waals surface area contributed by atoms with E-state index >= 15 is 0 Å². The number of hydrogen-bond acceptors (Lipinski definition) is 2. The first-order valence-corrected chi connectivity index (χ1v) is 9.15. The molecule has 0 fully saturated rings. The Kier molecular flexibility index (Phi) is 6.29. The molecule has 0 aliphatic carbocycles. The van der Waals surface area contributed by atoms with Crippen LogP contribution in [0.25, 0.3) is 0 Å². The molecule has 0 aliphatic heterocycles. The van der Waals surface area contributed by atoms with Crippen LogP contribution in [-0.2, 0) is 13.2 Å². The Bertz CT molecular complexity index is 665. The summed E-state index contributed by atoms with van der Waals surface area (Å²) < 4.78 is 5.89. The summed E-state index contributed by atoms with van der Waals surface area (Å²) in [4.78, 5) is 0. The van der Waals surface area contributed by atoms with Gasteiger partial charge in [-0.05, 0) is 55.9 Å². The summed E-state index contributed by atoms with van der Waals surface area (Å²) in [6, 6.07) is 16.8. The Labute approximate surface area is 153 Å². The molecule has 0 atom stereocenters. The van der Waals surface area contributed by atoms with Crippen LogP contribution in [0.15, 0.2) is 48.5 Å². The number of ether oxygens (including phenoxy) is 1. The van der Waals surface area contributed by atoms with Crippen LogP contribution in [0, 0.1) is 12.3 Å². The van der Waals surface area contributed by atoms with Gasteiger partial charge in [-0.15, -0.1) is 0 Å². The maximum absolute atomic E-state index is 5.89. The summed E-state index contributed by atoms with van der Waals surface area (Å²) in [6.45, 7) is 15.0. The quantitative estimate of drug-likeness (QED) is 0.680. The van der Waals surface area contributed by atoms with Crippen molar-refractivity contribution in [2.24, 2.45) is 5.41 Å². The van der Waals surface area contributed by atoms with E-state index < -0.39 is 0 Å². The lowest BCUT2D eigenvalue weighted by Gasteiger charge is -2.33. The Morgan fingerprint density at radius 3 is 2.16 bits per heavy atom. The van der Waals surface area contributed by atoms with Crippen molar-refractivity contribution in [1.29, 1.82) is 0 Å².